The van der Waals surface area contributed by atoms with Gasteiger partial charge in [0.1, 0.15) is 13.2 Å². The number of hydrogen-bond donors (Lipinski definition) is 0. The van der Waals surface area contributed by atoms with E-state index in [1.165, 1.54) is 18.7 Å². The normalized spacial score (nSPS) is 30.7. The van der Waals surface area contributed by atoms with Crippen molar-refractivity contribution in [3.8, 4) is 0 Å². The maximum Gasteiger partial charge on any atom is 0.339 e. The Morgan fingerprint density at radius 1 is 1.36 bits per heavy atom. The van der Waals surface area contributed by atoms with Crippen LogP contribution in [0.4, 0.5) is 0 Å². The standard InChI is InChI=1S/C11H20NO.HI/c1-8-7-11(2,3)12(4)10(13-8)9-5-6-9;/h8-9H,5-7H2,1-4H3;1H/q+1;/p-1. The number of nitrogens with zero attached hydrogens (tertiary/aromatic N) is 1. The van der Waals surface area contributed by atoms with Gasteiger partial charge in [0.25, 0.3) is 0 Å². The lowest BCUT2D eigenvalue weighted by molar-refractivity contribution is -0.596. The number of ether oxygens (including phenoxy) is 1. The molecule has 82 valence electrons. The molecule has 1 aliphatic heterocycles. The molecule has 1 heterocycles. The molecule has 2 rings (SSSR count). The molecule has 1 atom stereocenters. The van der Waals surface area contributed by atoms with Crippen LogP contribution in [0.2, 0.25) is 0 Å². The van der Waals surface area contributed by atoms with Gasteiger partial charge in [0.2, 0.25) is 0 Å². The average molecular weight is 309 g/mol. The van der Waals surface area contributed by atoms with Crippen LogP contribution < -0.4 is 24.0 Å². The Morgan fingerprint density at radius 2 is 1.93 bits per heavy atom. The molecule has 1 unspecified atom stereocenters. The molecular formula is C11H20INO. The monoisotopic (exact) mass is 309 g/mol. The zero-order valence-electron chi connectivity index (χ0n) is 9.51. The molecule has 1 saturated carbocycles. The molecule has 2 aliphatic rings. The number of halogens is 1. The Kier molecular flexibility index (Phi) is 3.49. The Labute approximate surface area is 104 Å². The van der Waals surface area contributed by atoms with Crippen LogP contribution in [0.25, 0.3) is 0 Å². The largest absolute Gasteiger partial charge is 1.00 e. The first-order valence-corrected chi connectivity index (χ1v) is 5.28. The van der Waals surface area contributed by atoms with Gasteiger partial charge in [-0.1, -0.05) is 0 Å². The minimum atomic E-state index is 0. The quantitative estimate of drug-likeness (QED) is 0.448. The number of hydrogen-bond acceptors (Lipinski definition) is 1. The van der Waals surface area contributed by atoms with Crippen molar-refractivity contribution in [2.75, 3.05) is 7.05 Å². The van der Waals surface area contributed by atoms with Gasteiger partial charge in [0, 0.05) is 20.3 Å². The Bertz CT molecular complexity index is 256. The summed E-state index contributed by atoms with van der Waals surface area (Å²) in [6, 6.07) is 0. The van der Waals surface area contributed by atoms with E-state index in [0.717, 1.165) is 12.3 Å². The molecule has 1 aliphatic carbocycles. The van der Waals surface area contributed by atoms with Gasteiger partial charge in [-0.3, -0.25) is 0 Å². The molecule has 0 amide bonds. The van der Waals surface area contributed by atoms with E-state index in [2.05, 4.69) is 32.4 Å². The van der Waals surface area contributed by atoms with Crippen LogP contribution in [0.5, 0.6) is 0 Å². The molecule has 3 heteroatoms. The molecular weight excluding hydrogens is 289 g/mol. The lowest BCUT2D eigenvalue weighted by Crippen LogP contribution is -3.00. The average Bonchev–Trinajstić information content (AvgIpc) is 2.78. The molecule has 0 radical (unpaired) electrons. The van der Waals surface area contributed by atoms with Crippen molar-refractivity contribution in [2.24, 2.45) is 5.92 Å². The van der Waals surface area contributed by atoms with E-state index in [4.69, 9.17) is 4.74 Å². The second kappa shape index (κ2) is 3.99. The van der Waals surface area contributed by atoms with Crippen LogP contribution >= 0.6 is 0 Å². The predicted molar refractivity (Wildman–Crippen MR) is 53.2 cm³/mol. The Balaban J connectivity index is 0.000000980. The van der Waals surface area contributed by atoms with Gasteiger partial charge in [-0.05, 0) is 19.8 Å². The summed E-state index contributed by atoms with van der Waals surface area (Å²) < 4.78 is 8.24. The van der Waals surface area contributed by atoms with Crippen LogP contribution in [0.3, 0.4) is 0 Å². The summed E-state index contributed by atoms with van der Waals surface area (Å²) in [7, 11) is 2.17. The van der Waals surface area contributed by atoms with Crippen LogP contribution in [-0.4, -0.2) is 29.2 Å². The molecule has 0 aromatic heterocycles. The number of rotatable bonds is 1. The Morgan fingerprint density at radius 3 is 2.43 bits per heavy atom. The molecule has 2 nitrogen and oxygen atoms in total. The predicted octanol–water partition coefficient (Wildman–Crippen LogP) is -0.971. The summed E-state index contributed by atoms with van der Waals surface area (Å²) in [5.74, 6) is 1.97. The van der Waals surface area contributed by atoms with Crippen molar-refractivity contribution < 1.29 is 33.3 Å². The summed E-state index contributed by atoms with van der Waals surface area (Å²) >= 11 is 0. The highest BCUT2D eigenvalue weighted by Crippen LogP contribution is 2.35. The molecule has 14 heavy (non-hydrogen) atoms. The highest BCUT2D eigenvalue weighted by atomic mass is 127. The zero-order chi connectivity index (χ0) is 9.64. The van der Waals surface area contributed by atoms with Crippen molar-refractivity contribution in [1.82, 2.24) is 0 Å². The van der Waals surface area contributed by atoms with Gasteiger partial charge in [0.15, 0.2) is 5.54 Å². The molecule has 0 aromatic rings. The minimum Gasteiger partial charge on any atom is -1.00 e. The summed E-state index contributed by atoms with van der Waals surface area (Å²) in [5, 5.41) is 0. The summed E-state index contributed by atoms with van der Waals surface area (Å²) in [5.41, 5.74) is 0.273. The van der Waals surface area contributed by atoms with Crippen molar-refractivity contribution in [3.63, 3.8) is 0 Å². The van der Waals surface area contributed by atoms with E-state index in [0.29, 0.717) is 6.10 Å². The van der Waals surface area contributed by atoms with Gasteiger partial charge >= 0.3 is 5.90 Å². The first kappa shape index (κ1) is 12.3. The van der Waals surface area contributed by atoms with Crippen molar-refractivity contribution in [3.05, 3.63) is 0 Å². The van der Waals surface area contributed by atoms with Crippen molar-refractivity contribution >= 4 is 5.90 Å². The van der Waals surface area contributed by atoms with E-state index in [9.17, 15) is 0 Å². The van der Waals surface area contributed by atoms with Gasteiger partial charge in [-0.25, -0.2) is 4.58 Å². The van der Waals surface area contributed by atoms with Crippen LogP contribution in [0, 0.1) is 5.92 Å². The van der Waals surface area contributed by atoms with Gasteiger partial charge in [0.05, 0.1) is 5.92 Å². The van der Waals surface area contributed by atoms with Gasteiger partial charge in [-0.2, -0.15) is 0 Å². The fourth-order valence-electron chi connectivity index (χ4n) is 2.17. The first-order chi connectivity index (χ1) is 6.00. The van der Waals surface area contributed by atoms with Gasteiger partial charge < -0.3 is 28.7 Å². The highest BCUT2D eigenvalue weighted by Gasteiger charge is 2.45. The maximum atomic E-state index is 5.90. The third-order valence-electron chi connectivity index (χ3n) is 3.27. The molecule has 1 fully saturated rings. The fourth-order valence-corrected chi connectivity index (χ4v) is 2.17. The van der Waals surface area contributed by atoms with E-state index in [1.54, 1.807) is 0 Å². The molecule has 0 spiro atoms. The molecule has 0 N–H and O–H groups in total. The fraction of sp³-hybridized carbons (Fsp3) is 0.909. The summed E-state index contributed by atoms with van der Waals surface area (Å²) in [6.45, 7) is 6.78. The second-order valence-corrected chi connectivity index (χ2v) is 5.12. The van der Waals surface area contributed by atoms with E-state index in [-0.39, 0.29) is 29.5 Å². The van der Waals surface area contributed by atoms with Gasteiger partial charge in [-0.15, -0.1) is 0 Å². The van der Waals surface area contributed by atoms with E-state index in [1.807, 2.05) is 0 Å². The smallest absolute Gasteiger partial charge is 0.339 e. The van der Waals surface area contributed by atoms with Crippen LogP contribution in [0.15, 0.2) is 0 Å². The van der Waals surface area contributed by atoms with Crippen molar-refractivity contribution in [1.29, 1.82) is 0 Å². The first-order valence-electron chi connectivity index (χ1n) is 5.28. The van der Waals surface area contributed by atoms with Crippen molar-refractivity contribution in [2.45, 2.75) is 51.7 Å². The maximum absolute atomic E-state index is 5.90. The minimum absolute atomic E-state index is 0. The van der Waals surface area contributed by atoms with E-state index >= 15 is 0 Å². The third-order valence-corrected chi connectivity index (χ3v) is 3.27. The molecule has 0 saturated heterocycles. The summed E-state index contributed by atoms with van der Waals surface area (Å²) in [4.78, 5) is 0. The topological polar surface area (TPSA) is 12.2 Å². The molecule has 0 bridgehead atoms. The molecule has 0 aromatic carbocycles. The third kappa shape index (κ3) is 2.23. The SMILES string of the molecule is CC1CC(C)(C)[N+](C)=C(C2CC2)O1.[I-]. The zero-order valence-corrected chi connectivity index (χ0v) is 11.7. The second-order valence-electron chi connectivity index (χ2n) is 5.12. The van der Waals surface area contributed by atoms with Crippen LogP contribution in [-0.2, 0) is 4.74 Å². The van der Waals surface area contributed by atoms with Crippen LogP contribution in [0.1, 0.15) is 40.0 Å². The van der Waals surface area contributed by atoms with E-state index < -0.39 is 0 Å². The lowest BCUT2D eigenvalue weighted by atomic mass is 9.95. The highest BCUT2D eigenvalue weighted by molar-refractivity contribution is 5.76. The lowest BCUT2D eigenvalue weighted by Gasteiger charge is -2.31. The summed E-state index contributed by atoms with van der Waals surface area (Å²) in [6.07, 6.45) is 4.16. The Hall–Kier alpha value is 0.200.